The van der Waals surface area contributed by atoms with Crippen molar-refractivity contribution in [2.75, 3.05) is 6.61 Å². The van der Waals surface area contributed by atoms with Gasteiger partial charge in [-0.15, -0.1) is 0 Å². The Morgan fingerprint density at radius 2 is 2.00 bits per heavy atom. The van der Waals surface area contributed by atoms with Crippen LogP contribution in [0.15, 0.2) is 40.9 Å². The van der Waals surface area contributed by atoms with Gasteiger partial charge in [-0.3, -0.25) is 0 Å². The Bertz CT molecular complexity index is 686. The van der Waals surface area contributed by atoms with Gasteiger partial charge in [0.1, 0.15) is 17.1 Å². The first-order valence-electron chi connectivity index (χ1n) is 6.92. The topological polar surface area (TPSA) is 35.5 Å². The first kappa shape index (κ1) is 16.8. The van der Waals surface area contributed by atoms with E-state index in [9.17, 15) is 4.79 Å². The minimum absolute atomic E-state index is 0.375. The molecule has 0 radical (unpaired) electrons. The fourth-order valence-electron chi connectivity index (χ4n) is 1.80. The number of aryl methyl sites for hydroxylation is 1. The number of carbonyl (C=O) groups excluding carboxylic acids is 1. The molecule has 0 bridgehead atoms. The molecular weight excluding hydrogens is 368 g/mol. The van der Waals surface area contributed by atoms with Crippen molar-refractivity contribution < 1.29 is 14.3 Å². The molecule has 0 aliphatic carbocycles. The summed E-state index contributed by atoms with van der Waals surface area (Å²) in [5.74, 6) is 0.433. The molecule has 3 nitrogen and oxygen atoms in total. The van der Waals surface area contributed by atoms with Gasteiger partial charge in [0.2, 0.25) is 0 Å². The minimum Gasteiger partial charge on any atom is -0.493 e. The summed E-state index contributed by atoms with van der Waals surface area (Å²) in [6.07, 6.45) is 0.859. The molecule has 0 amide bonds. The molecule has 116 valence electrons. The third-order valence-corrected chi connectivity index (χ3v) is 3.88. The molecule has 0 fully saturated rings. The summed E-state index contributed by atoms with van der Waals surface area (Å²) in [6.45, 7) is 4.43. The number of carbonyl (C=O) groups is 1. The molecule has 5 heteroatoms. The van der Waals surface area contributed by atoms with Crippen molar-refractivity contribution in [3.8, 4) is 11.5 Å². The highest BCUT2D eigenvalue weighted by Gasteiger charge is 2.16. The smallest absolute Gasteiger partial charge is 0.347 e. The van der Waals surface area contributed by atoms with E-state index >= 15 is 0 Å². The molecule has 0 aliphatic rings. The maximum Gasteiger partial charge on any atom is 0.347 e. The normalized spacial score (nSPS) is 10.4. The Balaban J connectivity index is 2.24. The van der Waals surface area contributed by atoms with Crippen LogP contribution in [-0.4, -0.2) is 12.6 Å². The molecule has 0 atom stereocenters. The largest absolute Gasteiger partial charge is 0.493 e. The summed E-state index contributed by atoms with van der Waals surface area (Å²) in [5, 5.41) is 0.557. The van der Waals surface area contributed by atoms with E-state index in [1.54, 1.807) is 30.3 Å². The molecule has 2 aromatic rings. The van der Waals surface area contributed by atoms with Crippen LogP contribution in [0.25, 0.3) is 0 Å². The first-order valence-corrected chi connectivity index (χ1v) is 8.09. The maximum atomic E-state index is 12.4. The molecule has 0 saturated heterocycles. The van der Waals surface area contributed by atoms with Crippen LogP contribution in [0, 0.1) is 6.92 Å². The van der Waals surface area contributed by atoms with Crippen LogP contribution in [0.4, 0.5) is 0 Å². The third-order valence-electron chi connectivity index (χ3n) is 2.98. The molecule has 0 spiro atoms. The highest BCUT2D eigenvalue weighted by atomic mass is 79.9. The minimum atomic E-state index is -0.479. The molecule has 0 N–H and O–H groups in total. The summed E-state index contributed by atoms with van der Waals surface area (Å²) >= 11 is 9.40. The van der Waals surface area contributed by atoms with Crippen molar-refractivity contribution in [3.63, 3.8) is 0 Å². The van der Waals surface area contributed by atoms with Gasteiger partial charge in [0.15, 0.2) is 0 Å². The van der Waals surface area contributed by atoms with E-state index in [0.717, 1.165) is 16.5 Å². The summed E-state index contributed by atoms with van der Waals surface area (Å²) < 4.78 is 11.8. The van der Waals surface area contributed by atoms with Crippen LogP contribution in [0.1, 0.15) is 29.3 Å². The van der Waals surface area contributed by atoms with Gasteiger partial charge < -0.3 is 9.47 Å². The Morgan fingerprint density at radius 1 is 1.23 bits per heavy atom. The average molecular weight is 384 g/mol. The fraction of sp³-hybridized carbons (Fsp3) is 0.235. The van der Waals surface area contributed by atoms with E-state index in [-0.39, 0.29) is 0 Å². The zero-order valence-corrected chi connectivity index (χ0v) is 14.7. The fourth-order valence-corrected chi connectivity index (χ4v) is 2.33. The Kier molecular flexibility index (Phi) is 5.86. The van der Waals surface area contributed by atoms with E-state index in [1.807, 2.05) is 19.9 Å². The van der Waals surface area contributed by atoms with Crippen LogP contribution >= 0.6 is 27.5 Å². The highest BCUT2D eigenvalue weighted by molar-refractivity contribution is 9.10. The van der Waals surface area contributed by atoms with Crippen molar-refractivity contribution in [1.82, 2.24) is 0 Å². The monoisotopic (exact) mass is 382 g/mol. The quantitative estimate of drug-likeness (QED) is 0.511. The predicted octanol–water partition coefficient (Wildman–Crippen LogP) is 5.42. The van der Waals surface area contributed by atoms with Crippen LogP contribution in [0.5, 0.6) is 11.5 Å². The molecule has 0 heterocycles. The summed E-state index contributed by atoms with van der Waals surface area (Å²) in [6, 6.07) is 10.4. The molecule has 0 unspecified atom stereocenters. The summed E-state index contributed by atoms with van der Waals surface area (Å²) in [5.41, 5.74) is 1.30. The Morgan fingerprint density at radius 3 is 2.68 bits per heavy atom. The molecule has 22 heavy (non-hydrogen) atoms. The van der Waals surface area contributed by atoms with E-state index < -0.39 is 5.97 Å². The molecule has 2 rings (SSSR count). The van der Waals surface area contributed by atoms with Crippen molar-refractivity contribution >= 4 is 33.5 Å². The van der Waals surface area contributed by atoms with Gasteiger partial charge in [-0.25, -0.2) is 4.79 Å². The lowest BCUT2D eigenvalue weighted by molar-refractivity contribution is 0.0730. The van der Waals surface area contributed by atoms with E-state index in [1.165, 1.54) is 0 Å². The lowest BCUT2D eigenvalue weighted by Gasteiger charge is -2.11. The predicted molar refractivity (Wildman–Crippen MR) is 91.1 cm³/mol. The van der Waals surface area contributed by atoms with Gasteiger partial charge in [-0.1, -0.05) is 40.5 Å². The van der Waals surface area contributed by atoms with Gasteiger partial charge in [0.25, 0.3) is 0 Å². The zero-order chi connectivity index (χ0) is 16.1. The second-order valence-electron chi connectivity index (χ2n) is 4.79. The van der Waals surface area contributed by atoms with Crippen LogP contribution in [-0.2, 0) is 0 Å². The van der Waals surface area contributed by atoms with Crippen LogP contribution in [0.3, 0.4) is 0 Å². The van der Waals surface area contributed by atoms with Crippen molar-refractivity contribution in [2.45, 2.75) is 20.3 Å². The third kappa shape index (κ3) is 4.24. The van der Waals surface area contributed by atoms with E-state index in [0.29, 0.717) is 28.7 Å². The Hall–Kier alpha value is -1.52. The molecule has 0 aliphatic heterocycles. The van der Waals surface area contributed by atoms with Gasteiger partial charge >= 0.3 is 5.97 Å². The summed E-state index contributed by atoms with van der Waals surface area (Å²) in [4.78, 5) is 12.4. The SMILES string of the molecule is CCCOc1ccc(Br)cc1C(=O)Oc1ccc(C)c(Cl)c1. The molecular formula is C17H16BrClO3. The van der Waals surface area contributed by atoms with Gasteiger partial charge in [0, 0.05) is 9.50 Å². The van der Waals surface area contributed by atoms with Crippen LogP contribution in [0.2, 0.25) is 5.02 Å². The van der Waals surface area contributed by atoms with Crippen molar-refractivity contribution in [2.24, 2.45) is 0 Å². The molecule has 0 saturated carbocycles. The molecule has 2 aromatic carbocycles. The zero-order valence-electron chi connectivity index (χ0n) is 12.4. The lowest BCUT2D eigenvalue weighted by Crippen LogP contribution is -2.11. The van der Waals surface area contributed by atoms with Crippen LogP contribution < -0.4 is 9.47 Å². The van der Waals surface area contributed by atoms with E-state index in [2.05, 4.69) is 15.9 Å². The number of hydrogen-bond acceptors (Lipinski definition) is 3. The highest BCUT2D eigenvalue weighted by Crippen LogP contribution is 2.27. The van der Waals surface area contributed by atoms with Gasteiger partial charge in [0.05, 0.1) is 6.61 Å². The maximum absolute atomic E-state index is 12.4. The number of halogens is 2. The van der Waals surface area contributed by atoms with Crippen molar-refractivity contribution in [1.29, 1.82) is 0 Å². The van der Waals surface area contributed by atoms with Gasteiger partial charge in [-0.05, 0) is 49.2 Å². The number of benzene rings is 2. The number of rotatable bonds is 5. The molecule has 0 aromatic heterocycles. The number of esters is 1. The number of hydrogen-bond donors (Lipinski definition) is 0. The lowest BCUT2D eigenvalue weighted by atomic mass is 10.2. The van der Waals surface area contributed by atoms with Gasteiger partial charge in [-0.2, -0.15) is 0 Å². The Labute approximate surface area is 143 Å². The van der Waals surface area contributed by atoms with E-state index in [4.69, 9.17) is 21.1 Å². The second-order valence-corrected chi connectivity index (χ2v) is 6.11. The average Bonchev–Trinajstić information content (AvgIpc) is 2.49. The standard InChI is InChI=1S/C17H16BrClO3/c1-3-8-21-16-7-5-12(18)9-14(16)17(20)22-13-6-4-11(2)15(19)10-13/h4-7,9-10H,3,8H2,1-2H3. The second kappa shape index (κ2) is 7.65. The van der Waals surface area contributed by atoms with Crippen molar-refractivity contribution in [3.05, 3.63) is 57.0 Å². The first-order chi connectivity index (χ1) is 10.5. The number of ether oxygens (including phenoxy) is 2. The summed E-state index contributed by atoms with van der Waals surface area (Å²) in [7, 11) is 0.